The second-order valence-corrected chi connectivity index (χ2v) is 6.02. The van der Waals surface area contributed by atoms with E-state index in [1.54, 1.807) is 0 Å². The summed E-state index contributed by atoms with van der Waals surface area (Å²) >= 11 is 9.74. The van der Waals surface area contributed by atoms with Gasteiger partial charge in [-0.25, -0.2) is 4.98 Å². The fraction of sp³-hybridized carbons (Fsp3) is 0.188. The minimum Gasteiger partial charge on any atom is -0.294 e. The van der Waals surface area contributed by atoms with Gasteiger partial charge in [0.15, 0.2) is 0 Å². The maximum atomic E-state index is 6.09. The Labute approximate surface area is 131 Å². The summed E-state index contributed by atoms with van der Waals surface area (Å²) < 4.78 is 3.17. The van der Waals surface area contributed by atoms with E-state index in [1.165, 1.54) is 5.56 Å². The summed E-state index contributed by atoms with van der Waals surface area (Å²) in [6.07, 6.45) is 0. The molecule has 0 radical (unpaired) electrons. The van der Waals surface area contributed by atoms with E-state index in [9.17, 15) is 0 Å². The Balaban J connectivity index is 2.37. The molecule has 0 aliphatic rings. The van der Waals surface area contributed by atoms with Gasteiger partial charge in [-0.05, 0) is 59.1 Å². The van der Waals surface area contributed by atoms with E-state index >= 15 is 0 Å². The highest BCUT2D eigenvalue weighted by Crippen LogP contribution is 2.29. The van der Waals surface area contributed by atoms with Crippen LogP contribution in [-0.4, -0.2) is 9.55 Å². The molecule has 0 saturated carbocycles. The lowest BCUT2D eigenvalue weighted by atomic mass is 10.2. The highest BCUT2D eigenvalue weighted by atomic mass is 79.9. The third-order valence-electron chi connectivity index (χ3n) is 3.42. The number of imidazole rings is 1. The van der Waals surface area contributed by atoms with Crippen LogP contribution in [0.15, 0.2) is 40.9 Å². The molecule has 0 aliphatic heterocycles. The first kappa shape index (κ1) is 13.7. The lowest BCUT2D eigenvalue weighted by molar-refractivity contribution is 0.976. The first-order valence-electron chi connectivity index (χ1n) is 6.41. The average Bonchev–Trinajstić information content (AvgIpc) is 2.79. The van der Waals surface area contributed by atoms with Crippen molar-refractivity contribution in [3.05, 3.63) is 57.8 Å². The Bertz CT molecular complexity index is 793. The average molecular weight is 350 g/mol. The van der Waals surface area contributed by atoms with E-state index in [1.807, 2.05) is 0 Å². The third kappa shape index (κ3) is 2.15. The van der Waals surface area contributed by atoms with Crippen molar-refractivity contribution in [2.75, 3.05) is 0 Å². The summed E-state index contributed by atoms with van der Waals surface area (Å²) in [6.45, 7) is 4.15. The third-order valence-corrected chi connectivity index (χ3v) is 4.29. The topological polar surface area (TPSA) is 17.8 Å². The molecule has 0 unspecified atom stereocenters. The summed E-state index contributed by atoms with van der Waals surface area (Å²) in [5, 5.41) is 0. The predicted octanol–water partition coefficient (Wildman–Crippen LogP) is 5.14. The molecule has 0 amide bonds. The van der Waals surface area contributed by atoms with Crippen molar-refractivity contribution in [2.24, 2.45) is 0 Å². The predicted molar refractivity (Wildman–Crippen MR) is 87.8 cm³/mol. The molecule has 0 N–H and O–H groups in total. The number of benzene rings is 2. The molecule has 102 valence electrons. The Morgan fingerprint density at radius 2 is 2.00 bits per heavy atom. The summed E-state index contributed by atoms with van der Waals surface area (Å²) in [7, 11) is 0. The van der Waals surface area contributed by atoms with Crippen molar-refractivity contribution < 1.29 is 0 Å². The summed E-state index contributed by atoms with van der Waals surface area (Å²) in [6, 6.07) is 12.5. The smallest absolute Gasteiger partial charge is 0.129 e. The number of aromatic nitrogens is 2. The van der Waals surface area contributed by atoms with Gasteiger partial charge >= 0.3 is 0 Å². The first-order chi connectivity index (χ1) is 9.61. The molecular formula is C16H14BrClN2. The van der Waals surface area contributed by atoms with Crippen LogP contribution in [0.3, 0.4) is 0 Å². The number of hydrogen-bond donors (Lipinski definition) is 0. The van der Waals surface area contributed by atoms with Crippen LogP contribution in [0.5, 0.6) is 0 Å². The molecule has 0 saturated heterocycles. The van der Waals surface area contributed by atoms with Gasteiger partial charge in [0.2, 0.25) is 0 Å². The van der Waals surface area contributed by atoms with E-state index < -0.39 is 0 Å². The molecule has 3 aromatic rings. The van der Waals surface area contributed by atoms with Gasteiger partial charge in [-0.1, -0.05) is 18.2 Å². The molecule has 1 heterocycles. The van der Waals surface area contributed by atoms with E-state index in [2.05, 4.69) is 75.7 Å². The van der Waals surface area contributed by atoms with Gasteiger partial charge in [0.1, 0.15) is 5.82 Å². The normalized spacial score (nSPS) is 11.2. The monoisotopic (exact) mass is 348 g/mol. The molecule has 1 aromatic heterocycles. The van der Waals surface area contributed by atoms with Crippen molar-refractivity contribution in [1.82, 2.24) is 9.55 Å². The molecule has 2 aromatic carbocycles. The van der Waals surface area contributed by atoms with Crippen LogP contribution >= 0.6 is 27.5 Å². The van der Waals surface area contributed by atoms with Crippen LogP contribution in [-0.2, 0) is 5.88 Å². The zero-order valence-electron chi connectivity index (χ0n) is 11.3. The Morgan fingerprint density at radius 3 is 2.70 bits per heavy atom. The standard InChI is InChI=1S/C16H14BrClN2/c1-10-6-7-13(12(17)8-10)20-14-5-3-4-11(2)16(14)19-15(20)9-18/h3-8H,9H2,1-2H3. The molecule has 4 heteroatoms. The van der Waals surface area contributed by atoms with Crippen LogP contribution in [0.2, 0.25) is 0 Å². The van der Waals surface area contributed by atoms with Gasteiger partial charge < -0.3 is 0 Å². The molecule has 0 aliphatic carbocycles. The van der Waals surface area contributed by atoms with Crippen LogP contribution in [0.4, 0.5) is 0 Å². The summed E-state index contributed by atoms with van der Waals surface area (Å²) in [5.41, 5.74) is 5.55. The molecule has 0 bridgehead atoms. The fourth-order valence-electron chi connectivity index (χ4n) is 2.44. The van der Waals surface area contributed by atoms with Crippen molar-refractivity contribution >= 4 is 38.6 Å². The first-order valence-corrected chi connectivity index (χ1v) is 7.74. The molecule has 0 spiro atoms. The molecule has 0 atom stereocenters. The number of rotatable bonds is 2. The lowest BCUT2D eigenvalue weighted by Gasteiger charge is -2.11. The molecule has 0 fully saturated rings. The molecular weight excluding hydrogens is 336 g/mol. The second kappa shape index (κ2) is 5.23. The maximum absolute atomic E-state index is 6.09. The van der Waals surface area contributed by atoms with Crippen LogP contribution in [0, 0.1) is 13.8 Å². The van der Waals surface area contributed by atoms with Crippen molar-refractivity contribution in [3.8, 4) is 5.69 Å². The minimum atomic E-state index is 0.383. The summed E-state index contributed by atoms with van der Waals surface area (Å²) in [4.78, 5) is 4.68. The Morgan fingerprint density at radius 1 is 1.20 bits per heavy atom. The minimum absolute atomic E-state index is 0.383. The number of nitrogens with zero attached hydrogens (tertiary/aromatic N) is 2. The van der Waals surface area contributed by atoms with Gasteiger partial charge in [-0.15, -0.1) is 11.6 Å². The number of aryl methyl sites for hydroxylation is 2. The van der Waals surface area contributed by atoms with Gasteiger partial charge in [0, 0.05) is 4.47 Å². The van der Waals surface area contributed by atoms with E-state index in [0.29, 0.717) is 5.88 Å². The van der Waals surface area contributed by atoms with E-state index in [0.717, 1.165) is 32.6 Å². The SMILES string of the molecule is Cc1ccc(-n2c(CCl)nc3c(C)cccc32)c(Br)c1. The van der Waals surface area contributed by atoms with E-state index in [-0.39, 0.29) is 0 Å². The highest BCUT2D eigenvalue weighted by molar-refractivity contribution is 9.10. The summed E-state index contributed by atoms with van der Waals surface area (Å²) in [5.74, 6) is 1.24. The Kier molecular flexibility index (Phi) is 3.57. The number of para-hydroxylation sites is 1. The largest absolute Gasteiger partial charge is 0.294 e. The van der Waals surface area contributed by atoms with Gasteiger partial charge in [0.25, 0.3) is 0 Å². The maximum Gasteiger partial charge on any atom is 0.129 e. The number of hydrogen-bond acceptors (Lipinski definition) is 1. The van der Waals surface area contributed by atoms with Crippen LogP contribution < -0.4 is 0 Å². The quantitative estimate of drug-likeness (QED) is 0.585. The highest BCUT2D eigenvalue weighted by Gasteiger charge is 2.14. The number of halogens is 2. The van der Waals surface area contributed by atoms with E-state index in [4.69, 9.17) is 11.6 Å². The fourth-order valence-corrected chi connectivity index (χ4v) is 3.29. The number of alkyl halides is 1. The van der Waals surface area contributed by atoms with Crippen LogP contribution in [0.1, 0.15) is 17.0 Å². The molecule has 20 heavy (non-hydrogen) atoms. The van der Waals surface area contributed by atoms with Crippen molar-refractivity contribution in [3.63, 3.8) is 0 Å². The molecule has 2 nitrogen and oxygen atoms in total. The van der Waals surface area contributed by atoms with Gasteiger partial charge in [-0.2, -0.15) is 0 Å². The van der Waals surface area contributed by atoms with Crippen molar-refractivity contribution in [1.29, 1.82) is 0 Å². The Hall–Kier alpha value is -1.32. The van der Waals surface area contributed by atoms with Crippen molar-refractivity contribution in [2.45, 2.75) is 19.7 Å². The lowest BCUT2D eigenvalue weighted by Crippen LogP contribution is -2.00. The zero-order chi connectivity index (χ0) is 14.3. The number of fused-ring (bicyclic) bond motifs is 1. The van der Waals surface area contributed by atoms with Gasteiger partial charge in [-0.3, -0.25) is 4.57 Å². The van der Waals surface area contributed by atoms with Gasteiger partial charge in [0.05, 0.1) is 22.6 Å². The second-order valence-electron chi connectivity index (χ2n) is 4.89. The van der Waals surface area contributed by atoms with Crippen LogP contribution in [0.25, 0.3) is 16.7 Å². The zero-order valence-corrected chi connectivity index (χ0v) is 13.7. The molecule has 3 rings (SSSR count).